The van der Waals surface area contributed by atoms with Gasteiger partial charge >= 0.3 is 0 Å². The van der Waals surface area contributed by atoms with E-state index in [1.54, 1.807) is 0 Å². The van der Waals surface area contributed by atoms with Crippen molar-refractivity contribution in [2.45, 2.75) is 0 Å². The third-order valence-electron chi connectivity index (χ3n) is 13.6. The summed E-state index contributed by atoms with van der Waals surface area (Å²) in [7, 11) is 0. The minimum Gasteiger partial charge on any atom is -0.309 e. The second-order valence-electron chi connectivity index (χ2n) is 17.4. The zero-order chi connectivity index (χ0) is 43.3. The zero-order valence-corrected chi connectivity index (χ0v) is 35.7. The van der Waals surface area contributed by atoms with Gasteiger partial charge in [-0.1, -0.05) is 176 Å². The number of hydrogen-bond donors (Lipinski definition) is 0. The zero-order valence-electron chi connectivity index (χ0n) is 35.7. The molecule has 3 aromatic heterocycles. The van der Waals surface area contributed by atoms with Crippen molar-refractivity contribution in [3.8, 4) is 67.5 Å². The van der Waals surface area contributed by atoms with Gasteiger partial charge in [0.2, 0.25) is 5.95 Å². The molecule has 306 valence electrons. The molecule has 0 saturated heterocycles. The van der Waals surface area contributed by atoms with Gasteiger partial charge in [0.05, 0.1) is 33.5 Å². The van der Waals surface area contributed by atoms with Crippen LogP contribution in [0.2, 0.25) is 0 Å². The summed E-state index contributed by atoms with van der Waals surface area (Å²) < 4.78 is 4.73. The lowest BCUT2D eigenvalue weighted by Gasteiger charge is -2.13. The van der Waals surface area contributed by atoms with Crippen molar-refractivity contribution >= 4 is 65.2 Å². The van der Waals surface area contributed by atoms with E-state index < -0.39 is 0 Å². The summed E-state index contributed by atoms with van der Waals surface area (Å²) in [6, 6.07) is 83.3. The standard InChI is InChI=1S/C62H38N4/c1-4-12-39(13-5-1)41-22-26-43(27-23-41)52-38-53(44-28-24-42(25-29-44)40-14-6-2-7-15-40)64-62(63-52)66-55-21-11-17-46-31-33-48-35-50(37-57(66)61(48)59(46)55)49-34-47-32-30-45-16-10-20-54-58(45)60(47)56(36-49)65(54)51-18-8-3-9-19-51/h1-38H. The van der Waals surface area contributed by atoms with Crippen molar-refractivity contribution in [1.29, 1.82) is 0 Å². The molecule has 14 rings (SSSR count). The quantitative estimate of drug-likeness (QED) is 0.150. The first-order valence-electron chi connectivity index (χ1n) is 22.6. The van der Waals surface area contributed by atoms with Crippen molar-refractivity contribution in [2.24, 2.45) is 0 Å². The second-order valence-corrected chi connectivity index (χ2v) is 17.4. The van der Waals surface area contributed by atoms with E-state index >= 15 is 0 Å². The smallest absolute Gasteiger partial charge is 0.235 e. The van der Waals surface area contributed by atoms with E-state index in [4.69, 9.17) is 9.97 Å². The molecule has 4 heteroatoms. The van der Waals surface area contributed by atoms with Gasteiger partial charge in [-0.3, -0.25) is 4.57 Å². The molecule has 0 atom stereocenters. The molecule has 11 aromatic carbocycles. The molecule has 0 N–H and O–H groups in total. The van der Waals surface area contributed by atoms with Gasteiger partial charge < -0.3 is 4.57 Å². The molecule has 0 unspecified atom stereocenters. The van der Waals surface area contributed by atoms with Crippen LogP contribution in [-0.4, -0.2) is 19.1 Å². The van der Waals surface area contributed by atoms with Crippen molar-refractivity contribution in [3.05, 3.63) is 231 Å². The Morgan fingerprint density at radius 3 is 1.14 bits per heavy atom. The second kappa shape index (κ2) is 14.3. The number of aromatic nitrogens is 4. The Balaban J connectivity index is 1.00. The third kappa shape index (κ3) is 5.65. The highest BCUT2D eigenvalue weighted by atomic mass is 15.2. The molecule has 0 spiro atoms. The van der Waals surface area contributed by atoms with E-state index in [9.17, 15) is 0 Å². The topological polar surface area (TPSA) is 35.6 Å². The highest BCUT2D eigenvalue weighted by Gasteiger charge is 2.23. The SMILES string of the molecule is c1ccc(-c2ccc(-c3cc(-c4ccc(-c5ccccc5)cc4)nc(-n4c5cccc6ccc7cc(-c8cc9ccc%10cccc%11c%10c9c(c8)n%11-c8ccccc8)cc4c7c65)n3)cc2)cc1. The van der Waals surface area contributed by atoms with Crippen LogP contribution in [0.4, 0.5) is 0 Å². The average Bonchev–Trinajstić information content (AvgIpc) is 3.92. The van der Waals surface area contributed by atoms with Gasteiger partial charge in [0, 0.05) is 38.4 Å². The lowest BCUT2D eigenvalue weighted by Crippen LogP contribution is -2.04. The van der Waals surface area contributed by atoms with Crippen molar-refractivity contribution < 1.29 is 0 Å². The van der Waals surface area contributed by atoms with Crippen LogP contribution in [0, 0.1) is 0 Å². The van der Waals surface area contributed by atoms with E-state index in [0.717, 1.165) is 50.4 Å². The van der Waals surface area contributed by atoms with E-state index in [1.165, 1.54) is 76.4 Å². The van der Waals surface area contributed by atoms with E-state index in [1.807, 2.05) is 0 Å². The molecule has 0 radical (unpaired) electrons. The molecule has 0 saturated carbocycles. The van der Waals surface area contributed by atoms with E-state index in [0.29, 0.717) is 5.95 Å². The first-order valence-corrected chi connectivity index (χ1v) is 22.6. The molecule has 4 nitrogen and oxygen atoms in total. The average molecular weight is 839 g/mol. The van der Waals surface area contributed by atoms with Crippen LogP contribution in [-0.2, 0) is 0 Å². The fraction of sp³-hybridized carbons (Fsp3) is 0. The van der Waals surface area contributed by atoms with Gasteiger partial charge in [0.1, 0.15) is 0 Å². The van der Waals surface area contributed by atoms with Crippen molar-refractivity contribution in [1.82, 2.24) is 19.1 Å². The summed E-state index contributed by atoms with van der Waals surface area (Å²) in [5, 5.41) is 9.89. The normalized spacial score (nSPS) is 11.9. The van der Waals surface area contributed by atoms with Crippen LogP contribution in [0.3, 0.4) is 0 Å². The van der Waals surface area contributed by atoms with Gasteiger partial charge in [-0.25, -0.2) is 9.97 Å². The molecule has 0 aliphatic carbocycles. The summed E-state index contributed by atoms with van der Waals surface area (Å²) >= 11 is 0. The third-order valence-corrected chi connectivity index (χ3v) is 13.6. The first kappa shape index (κ1) is 36.6. The maximum absolute atomic E-state index is 5.48. The predicted molar refractivity (Wildman–Crippen MR) is 275 cm³/mol. The van der Waals surface area contributed by atoms with Crippen LogP contribution < -0.4 is 0 Å². The Morgan fingerprint density at radius 1 is 0.242 bits per heavy atom. The minimum atomic E-state index is 0.633. The molecule has 0 amide bonds. The summed E-state index contributed by atoms with van der Waals surface area (Å²) in [5.41, 5.74) is 16.5. The highest BCUT2D eigenvalue weighted by Crippen LogP contribution is 2.45. The minimum absolute atomic E-state index is 0.633. The predicted octanol–water partition coefficient (Wildman–Crippen LogP) is 16.2. The summed E-state index contributed by atoms with van der Waals surface area (Å²) in [4.78, 5) is 11.0. The monoisotopic (exact) mass is 838 g/mol. The maximum Gasteiger partial charge on any atom is 0.235 e. The van der Waals surface area contributed by atoms with Crippen LogP contribution in [0.1, 0.15) is 0 Å². The molecule has 0 aliphatic heterocycles. The molecule has 3 heterocycles. The van der Waals surface area contributed by atoms with Gasteiger partial charge in [0.25, 0.3) is 0 Å². The summed E-state index contributed by atoms with van der Waals surface area (Å²) in [6.45, 7) is 0. The van der Waals surface area contributed by atoms with Crippen LogP contribution in [0.15, 0.2) is 231 Å². The van der Waals surface area contributed by atoms with Crippen LogP contribution >= 0.6 is 0 Å². The number of benzene rings is 11. The number of hydrogen-bond acceptors (Lipinski definition) is 2. The number of para-hydroxylation sites is 1. The molecule has 0 aliphatic rings. The van der Waals surface area contributed by atoms with Gasteiger partial charge in [-0.15, -0.1) is 0 Å². The molecule has 14 aromatic rings. The Bertz CT molecular complexity index is 4010. The Morgan fingerprint density at radius 2 is 0.636 bits per heavy atom. The van der Waals surface area contributed by atoms with E-state index in [2.05, 4.69) is 240 Å². The van der Waals surface area contributed by atoms with Crippen LogP contribution in [0.25, 0.3) is 133 Å². The molecular formula is C62H38N4. The first-order chi connectivity index (χ1) is 32.7. The van der Waals surface area contributed by atoms with Crippen molar-refractivity contribution in [2.75, 3.05) is 0 Å². The van der Waals surface area contributed by atoms with Crippen molar-refractivity contribution in [3.63, 3.8) is 0 Å². The molecule has 0 bridgehead atoms. The molecule has 66 heavy (non-hydrogen) atoms. The van der Waals surface area contributed by atoms with Gasteiger partial charge in [-0.2, -0.15) is 0 Å². The van der Waals surface area contributed by atoms with Gasteiger partial charge in [-0.05, 0) is 110 Å². The Labute approximate surface area is 380 Å². The largest absolute Gasteiger partial charge is 0.309 e. The number of rotatable bonds is 7. The van der Waals surface area contributed by atoms with Crippen LogP contribution in [0.5, 0.6) is 0 Å². The lowest BCUT2D eigenvalue weighted by atomic mass is 9.94. The van der Waals surface area contributed by atoms with E-state index in [-0.39, 0.29) is 0 Å². The Hall–Kier alpha value is -8.86. The lowest BCUT2D eigenvalue weighted by molar-refractivity contribution is 0.996. The maximum atomic E-state index is 5.48. The Kier molecular flexibility index (Phi) is 7.95. The summed E-state index contributed by atoms with van der Waals surface area (Å²) in [5.74, 6) is 0.633. The number of nitrogens with zero attached hydrogens (tertiary/aromatic N) is 4. The van der Waals surface area contributed by atoms with Gasteiger partial charge in [0.15, 0.2) is 0 Å². The fourth-order valence-corrected chi connectivity index (χ4v) is 10.5. The fourth-order valence-electron chi connectivity index (χ4n) is 10.5. The highest BCUT2D eigenvalue weighted by molar-refractivity contribution is 6.27. The molecule has 0 fully saturated rings. The summed E-state index contributed by atoms with van der Waals surface area (Å²) in [6.07, 6.45) is 0. The molecular weight excluding hydrogens is 801 g/mol.